The third-order valence-corrected chi connectivity index (χ3v) is 4.29. The van der Waals surface area contributed by atoms with E-state index in [-0.39, 0.29) is 5.78 Å². The van der Waals surface area contributed by atoms with E-state index in [4.69, 9.17) is 4.52 Å². The summed E-state index contributed by atoms with van der Waals surface area (Å²) in [7, 11) is 3.77. The van der Waals surface area contributed by atoms with Crippen LogP contribution in [0.4, 0.5) is 5.82 Å². The van der Waals surface area contributed by atoms with E-state index in [1.807, 2.05) is 18.7 Å². The zero-order chi connectivity index (χ0) is 15.4. The van der Waals surface area contributed by atoms with Crippen molar-refractivity contribution in [1.82, 2.24) is 19.7 Å². The molecular weight excluding hydrogens is 282 g/mol. The van der Waals surface area contributed by atoms with Gasteiger partial charge in [-0.05, 0) is 13.3 Å². The van der Waals surface area contributed by atoms with Gasteiger partial charge in [0.15, 0.2) is 5.78 Å². The number of aromatic nitrogens is 4. The highest BCUT2D eigenvalue weighted by Gasteiger charge is 2.31. The number of hydrogen-bond acceptors (Lipinski definition) is 6. The van der Waals surface area contributed by atoms with Crippen LogP contribution in [0, 0.1) is 6.92 Å². The molecule has 22 heavy (non-hydrogen) atoms. The van der Waals surface area contributed by atoms with Crippen molar-refractivity contribution in [2.75, 3.05) is 12.4 Å². The molecule has 1 N–H and O–H groups in total. The first-order chi connectivity index (χ1) is 10.6. The maximum atomic E-state index is 12.4. The number of ketones is 1. The topological polar surface area (TPSA) is 85.8 Å². The van der Waals surface area contributed by atoms with Gasteiger partial charge in [0, 0.05) is 31.8 Å². The van der Waals surface area contributed by atoms with Gasteiger partial charge in [-0.2, -0.15) is 0 Å². The molecule has 0 unspecified atom stereocenters. The molecule has 7 nitrogen and oxygen atoms in total. The van der Waals surface area contributed by atoms with Gasteiger partial charge in [0.2, 0.25) is 0 Å². The summed E-state index contributed by atoms with van der Waals surface area (Å²) in [4.78, 5) is 21.1. The molecule has 0 aromatic carbocycles. The van der Waals surface area contributed by atoms with Gasteiger partial charge in [-0.25, -0.2) is 9.97 Å². The summed E-state index contributed by atoms with van der Waals surface area (Å²) < 4.78 is 7.30. The number of nitrogens with zero attached hydrogens (tertiary/aromatic N) is 4. The Balaban J connectivity index is 2.20. The zero-order valence-corrected chi connectivity index (χ0v) is 12.6. The minimum absolute atomic E-state index is 0.0703. The third kappa shape index (κ3) is 1.50. The Bertz CT molecular complexity index is 922. The van der Waals surface area contributed by atoms with Crippen molar-refractivity contribution in [3.63, 3.8) is 0 Å². The summed E-state index contributed by atoms with van der Waals surface area (Å²) in [5, 5.41) is 8.13. The van der Waals surface area contributed by atoms with E-state index in [2.05, 4.69) is 20.4 Å². The molecule has 3 heterocycles. The second-order valence-corrected chi connectivity index (χ2v) is 5.44. The fourth-order valence-corrected chi connectivity index (χ4v) is 3.27. The SMILES string of the molecule is CNc1ncnc2c1c1c(n2C)CCC(=O)c2c-1noc2C. The first-order valence-corrected chi connectivity index (χ1v) is 7.13. The first-order valence-electron chi connectivity index (χ1n) is 7.13. The largest absolute Gasteiger partial charge is 0.372 e. The van der Waals surface area contributed by atoms with E-state index in [9.17, 15) is 4.79 Å². The van der Waals surface area contributed by atoms with Gasteiger partial charge in [0.1, 0.15) is 29.2 Å². The normalized spacial score (nSPS) is 13.9. The zero-order valence-electron chi connectivity index (χ0n) is 12.6. The van der Waals surface area contributed by atoms with E-state index < -0.39 is 0 Å². The number of anilines is 1. The lowest BCUT2D eigenvalue weighted by molar-refractivity contribution is 0.0982. The van der Waals surface area contributed by atoms with Gasteiger partial charge < -0.3 is 14.4 Å². The highest BCUT2D eigenvalue weighted by atomic mass is 16.5. The predicted molar refractivity (Wildman–Crippen MR) is 80.9 cm³/mol. The van der Waals surface area contributed by atoms with Crippen LogP contribution in [0.5, 0.6) is 0 Å². The number of fused-ring (bicyclic) bond motifs is 5. The van der Waals surface area contributed by atoms with Crippen LogP contribution in [-0.2, 0) is 13.5 Å². The molecule has 0 bridgehead atoms. The number of Topliss-reactive ketones (excluding diaryl/α,β-unsaturated/α-hetero) is 1. The summed E-state index contributed by atoms with van der Waals surface area (Å²) in [5.74, 6) is 1.36. The highest BCUT2D eigenvalue weighted by Crippen LogP contribution is 2.41. The van der Waals surface area contributed by atoms with Crippen molar-refractivity contribution in [2.24, 2.45) is 7.05 Å². The molecule has 0 atom stereocenters. The number of carbonyl (C=O) groups excluding carboxylic acids is 1. The molecule has 1 aliphatic rings. The standard InChI is InChI=1S/C15H15N5O2/c1-7-10-9(21)5-4-8-11(13(10)19-22-7)12-14(16-2)17-6-18-15(12)20(8)3/h6H,4-5H2,1-3H3,(H,16,17,18). The Hall–Kier alpha value is -2.70. The van der Waals surface area contributed by atoms with Crippen LogP contribution in [0.25, 0.3) is 22.3 Å². The molecule has 4 rings (SSSR count). The van der Waals surface area contributed by atoms with Crippen LogP contribution in [0.15, 0.2) is 10.9 Å². The average Bonchev–Trinajstić information content (AvgIpc) is 2.98. The highest BCUT2D eigenvalue weighted by molar-refractivity contribution is 6.10. The Kier molecular flexibility index (Phi) is 2.60. The summed E-state index contributed by atoms with van der Waals surface area (Å²) in [6.07, 6.45) is 2.63. The van der Waals surface area contributed by atoms with Crippen molar-refractivity contribution in [2.45, 2.75) is 19.8 Å². The number of rotatable bonds is 1. The third-order valence-electron chi connectivity index (χ3n) is 4.29. The van der Waals surface area contributed by atoms with Crippen LogP contribution in [-0.4, -0.2) is 32.5 Å². The van der Waals surface area contributed by atoms with Gasteiger partial charge in [-0.15, -0.1) is 0 Å². The monoisotopic (exact) mass is 297 g/mol. The number of nitrogens with one attached hydrogen (secondary N) is 1. The molecule has 0 aliphatic heterocycles. The molecule has 112 valence electrons. The summed E-state index contributed by atoms with van der Waals surface area (Å²) >= 11 is 0. The van der Waals surface area contributed by atoms with Crippen LogP contribution in [0.1, 0.15) is 28.2 Å². The Morgan fingerprint density at radius 3 is 2.86 bits per heavy atom. The summed E-state index contributed by atoms with van der Waals surface area (Å²) in [6, 6.07) is 0. The van der Waals surface area contributed by atoms with Gasteiger partial charge >= 0.3 is 0 Å². The lowest BCUT2D eigenvalue weighted by atomic mass is 10.0. The van der Waals surface area contributed by atoms with Crippen LogP contribution < -0.4 is 5.32 Å². The lowest BCUT2D eigenvalue weighted by Crippen LogP contribution is -2.03. The molecule has 0 saturated carbocycles. The molecule has 3 aromatic heterocycles. The number of aryl methyl sites for hydroxylation is 2. The van der Waals surface area contributed by atoms with Crippen molar-refractivity contribution in [3.05, 3.63) is 23.3 Å². The van der Waals surface area contributed by atoms with E-state index in [0.717, 1.165) is 28.1 Å². The summed E-state index contributed by atoms with van der Waals surface area (Å²) in [5.41, 5.74) is 3.95. The van der Waals surface area contributed by atoms with Crippen LogP contribution in [0.3, 0.4) is 0 Å². The molecule has 1 aliphatic carbocycles. The second-order valence-electron chi connectivity index (χ2n) is 5.44. The molecule has 0 saturated heterocycles. The molecule has 0 radical (unpaired) electrons. The van der Waals surface area contributed by atoms with E-state index in [1.165, 1.54) is 6.33 Å². The Labute approximate surface area is 126 Å². The maximum Gasteiger partial charge on any atom is 0.169 e. The van der Waals surface area contributed by atoms with Crippen LogP contribution in [0.2, 0.25) is 0 Å². The summed E-state index contributed by atoms with van der Waals surface area (Å²) in [6.45, 7) is 1.77. The fourth-order valence-electron chi connectivity index (χ4n) is 3.27. The van der Waals surface area contributed by atoms with Gasteiger partial charge in [0.25, 0.3) is 0 Å². The molecule has 7 heteroatoms. The van der Waals surface area contributed by atoms with Gasteiger partial charge in [0.05, 0.1) is 10.9 Å². The molecule has 0 spiro atoms. The average molecular weight is 297 g/mol. The van der Waals surface area contributed by atoms with Crippen LogP contribution >= 0.6 is 0 Å². The first kappa shape index (κ1) is 13.0. The van der Waals surface area contributed by atoms with Gasteiger partial charge in [-0.1, -0.05) is 5.16 Å². The van der Waals surface area contributed by atoms with Crippen molar-refractivity contribution < 1.29 is 9.32 Å². The fraction of sp³-hybridized carbons (Fsp3) is 0.333. The Morgan fingerprint density at radius 1 is 1.27 bits per heavy atom. The minimum Gasteiger partial charge on any atom is -0.372 e. The minimum atomic E-state index is 0.0703. The van der Waals surface area contributed by atoms with Gasteiger partial charge in [-0.3, -0.25) is 4.79 Å². The Morgan fingerprint density at radius 2 is 2.09 bits per heavy atom. The smallest absolute Gasteiger partial charge is 0.169 e. The quantitative estimate of drug-likeness (QED) is 0.740. The number of hydrogen-bond donors (Lipinski definition) is 1. The molecule has 0 amide bonds. The van der Waals surface area contributed by atoms with E-state index in [1.54, 1.807) is 6.92 Å². The van der Waals surface area contributed by atoms with E-state index in [0.29, 0.717) is 29.9 Å². The second kappa shape index (κ2) is 4.40. The van der Waals surface area contributed by atoms with E-state index >= 15 is 0 Å². The number of carbonyl (C=O) groups is 1. The molecule has 0 fully saturated rings. The maximum absolute atomic E-state index is 12.4. The molecule has 3 aromatic rings. The van der Waals surface area contributed by atoms with Crippen molar-refractivity contribution in [3.8, 4) is 11.3 Å². The molecular formula is C15H15N5O2. The van der Waals surface area contributed by atoms with Crippen molar-refractivity contribution >= 4 is 22.6 Å². The van der Waals surface area contributed by atoms with Crippen molar-refractivity contribution in [1.29, 1.82) is 0 Å². The lowest BCUT2D eigenvalue weighted by Gasteiger charge is -2.03. The predicted octanol–water partition coefficient (Wildman–Crippen LogP) is 2.10.